The van der Waals surface area contributed by atoms with E-state index < -0.39 is 0 Å². The van der Waals surface area contributed by atoms with Crippen LogP contribution in [0, 0.1) is 0 Å². The first-order chi connectivity index (χ1) is 12.2. The summed E-state index contributed by atoms with van der Waals surface area (Å²) in [5.41, 5.74) is 1.13. The van der Waals surface area contributed by atoms with E-state index in [1.807, 2.05) is 25.2 Å². The highest BCUT2D eigenvalue weighted by molar-refractivity contribution is 14.0. The highest BCUT2D eigenvalue weighted by Gasteiger charge is 2.17. The van der Waals surface area contributed by atoms with Crippen molar-refractivity contribution in [2.45, 2.75) is 39.4 Å². The van der Waals surface area contributed by atoms with Crippen LogP contribution in [0.5, 0.6) is 5.75 Å². The van der Waals surface area contributed by atoms with E-state index in [4.69, 9.17) is 9.73 Å². The largest absolute Gasteiger partial charge is 0.496 e. The molecule has 0 aliphatic carbocycles. The van der Waals surface area contributed by atoms with Crippen LogP contribution in [0.1, 0.15) is 30.6 Å². The van der Waals surface area contributed by atoms with Crippen molar-refractivity contribution in [2.24, 2.45) is 4.99 Å². The van der Waals surface area contributed by atoms with Gasteiger partial charge in [-0.3, -0.25) is 0 Å². The van der Waals surface area contributed by atoms with Gasteiger partial charge in [0.25, 0.3) is 0 Å². The van der Waals surface area contributed by atoms with Gasteiger partial charge in [-0.05, 0) is 19.4 Å². The topological polar surface area (TPSA) is 67.6 Å². The smallest absolute Gasteiger partial charge is 0.194 e. The predicted octanol–water partition coefficient (Wildman–Crippen LogP) is 2.45. The second-order valence-electron chi connectivity index (χ2n) is 6.13. The van der Waals surface area contributed by atoms with Gasteiger partial charge in [0.15, 0.2) is 11.8 Å². The molecule has 1 aliphatic rings. The van der Waals surface area contributed by atoms with Gasteiger partial charge in [0.05, 0.1) is 7.11 Å². The molecular weight excluding hydrogens is 443 g/mol. The standard InChI is InChI=1S/C18H26N6O.HI/c1-4-19-18(20-12-17-22-21-16-10-7-11-24(16)17)23(2)13-14-8-5-6-9-15(14)25-3;/h5-6,8-9H,4,7,10-13H2,1-3H3,(H,19,20);1H. The number of nitrogens with one attached hydrogen (secondary N) is 1. The summed E-state index contributed by atoms with van der Waals surface area (Å²) < 4.78 is 7.63. The maximum Gasteiger partial charge on any atom is 0.194 e. The summed E-state index contributed by atoms with van der Waals surface area (Å²) in [5.74, 6) is 3.76. The van der Waals surface area contributed by atoms with E-state index in [9.17, 15) is 0 Å². The number of fused-ring (bicyclic) bond motifs is 1. The monoisotopic (exact) mass is 470 g/mol. The van der Waals surface area contributed by atoms with Gasteiger partial charge < -0.3 is 19.5 Å². The van der Waals surface area contributed by atoms with Crippen molar-refractivity contribution in [3.05, 3.63) is 41.5 Å². The minimum Gasteiger partial charge on any atom is -0.496 e. The summed E-state index contributed by atoms with van der Waals surface area (Å²) in [6, 6.07) is 8.06. The number of aliphatic imine (C=N–C) groups is 1. The number of methoxy groups -OCH3 is 1. The Balaban J connectivity index is 0.00000243. The summed E-state index contributed by atoms with van der Waals surface area (Å²) >= 11 is 0. The number of aromatic nitrogens is 3. The van der Waals surface area contributed by atoms with Gasteiger partial charge >= 0.3 is 0 Å². The van der Waals surface area contributed by atoms with Crippen LogP contribution in [0.15, 0.2) is 29.3 Å². The van der Waals surface area contributed by atoms with Crippen molar-refractivity contribution >= 4 is 29.9 Å². The Hall–Kier alpha value is -1.84. The molecule has 1 N–H and O–H groups in total. The maximum atomic E-state index is 5.45. The zero-order chi connectivity index (χ0) is 17.6. The number of guanidine groups is 1. The second-order valence-corrected chi connectivity index (χ2v) is 6.13. The number of nitrogens with zero attached hydrogens (tertiary/aromatic N) is 5. The van der Waals surface area contributed by atoms with Crippen molar-refractivity contribution in [1.29, 1.82) is 0 Å². The fourth-order valence-electron chi connectivity index (χ4n) is 3.11. The zero-order valence-electron chi connectivity index (χ0n) is 15.6. The number of benzene rings is 1. The number of ether oxygens (including phenoxy) is 1. The van der Waals surface area contributed by atoms with Crippen LogP contribution >= 0.6 is 24.0 Å². The first-order valence-electron chi connectivity index (χ1n) is 8.75. The maximum absolute atomic E-state index is 5.45. The molecule has 8 heteroatoms. The molecule has 0 radical (unpaired) electrons. The van der Waals surface area contributed by atoms with E-state index in [-0.39, 0.29) is 24.0 Å². The molecule has 1 aromatic heterocycles. The van der Waals surface area contributed by atoms with E-state index >= 15 is 0 Å². The van der Waals surface area contributed by atoms with Gasteiger partial charge in [-0.1, -0.05) is 18.2 Å². The molecule has 0 saturated carbocycles. The summed E-state index contributed by atoms with van der Waals surface area (Å²) in [4.78, 5) is 6.85. The first kappa shape index (κ1) is 20.5. The Kier molecular flexibility index (Phi) is 7.67. The second kappa shape index (κ2) is 9.75. The third-order valence-electron chi connectivity index (χ3n) is 4.35. The minimum absolute atomic E-state index is 0. The Morgan fingerprint density at radius 2 is 2.15 bits per heavy atom. The van der Waals surface area contributed by atoms with Crippen LogP contribution in [-0.2, 0) is 26.1 Å². The number of hydrogen-bond acceptors (Lipinski definition) is 4. The van der Waals surface area contributed by atoms with Crippen LogP contribution in [-0.4, -0.2) is 46.3 Å². The lowest BCUT2D eigenvalue weighted by Crippen LogP contribution is -2.38. The molecule has 2 heterocycles. The lowest BCUT2D eigenvalue weighted by Gasteiger charge is -2.23. The van der Waals surface area contributed by atoms with Crippen molar-refractivity contribution in [3.63, 3.8) is 0 Å². The lowest BCUT2D eigenvalue weighted by atomic mass is 10.2. The summed E-state index contributed by atoms with van der Waals surface area (Å²) in [6.45, 7) is 5.13. The molecule has 7 nitrogen and oxygen atoms in total. The number of halogens is 1. The molecule has 142 valence electrons. The molecule has 0 unspecified atom stereocenters. The Labute approximate surface area is 171 Å². The van der Waals surface area contributed by atoms with E-state index in [0.717, 1.165) is 54.9 Å². The third kappa shape index (κ3) is 4.66. The number of hydrogen-bond donors (Lipinski definition) is 1. The summed E-state index contributed by atoms with van der Waals surface area (Å²) in [6.07, 6.45) is 2.17. The molecule has 0 fully saturated rings. The molecule has 0 bridgehead atoms. The van der Waals surface area contributed by atoms with Crippen molar-refractivity contribution in [2.75, 3.05) is 20.7 Å². The van der Waals surface area contributed by atoms with Crippen LogP contribution in [0.2, 0.25) is 0 Å². The molecule has 0 saturated heterocycles. The van der Waals surface area contributed by atoms with Crippen molar-refractivity contribution in [3.8, 4) is 5.75 Å². The fraction of sp³-hybridized carbons (Fsp3) is 0.500. The number of rotatable bonds is 6. The zero-order valence-corrected chi connectivity index (χ0v) is 17.9. The number of para-hydroxylation sites is 1. The highest BCUT2D eigenvalue weighted by Crippen LogP contribution is 2.19. The lowest BCUT2D eigenvalue weighted by molar-refractivity contribution is 0.396. The first-order valence-corrected chi connectivity index (χ1v) is 8.75. The van der Waals surface area contributed by atoms with Gasteiger partial charge in [-0.15, -0.1) is 34.2 Å². The van der Waals surface area contributed by atoms with E-state index in [2.05, 4.69) is 38.0 Å². The highest BCUT2D eigenvalue weighted by atomic mass is 127. The molecular formula is C18H27IN6O. The average Bonchev–Trinajstić information content (AvgIpc) is 3.23. The quantitative estimate of drug-likeness (QED) is 0.399. The van der Waals surface area contributed by atoms with E-state index in [1.165, 1.54) is 0 Å². The van der Waals surface area contributed by atoms with Crippen molar-refractivity contribution < 1.29 is 4.74 Å². The fourth-order valence-corrected chi connectivity index (χ4v) is 3.11. The molecule has 1 aromatic carbocycles. The number of aryl methyl sites for hydroxylation is 1. The Morgan fingerprint density at radius 1 is 1.35 bits per heavy atom. The Bertz CT molecular complexity index is 745. The van der Waals surface area contributed by atoms with E-state index in [1.54, 1.807) is 7.11 Å². The molecule has 1 aliphatic heterocycles. The van der Waals surface area contributed by atoms with Gasteiger partial charge in [0, 0.05) is 38.7 Å². The SMILES string of the molecule is CCNC(=NCc1nnc2n1CCC2)N(C)Cc1ccccc1OC.I. The molecule has 2 aromatic rings. The van der Waals surface area contributed by atoms with Crippen LogP contribution < -0.4 is 10.1 Å². The minimum atomic E-state index is 0. The molecule has 0 spiro atoms. The average molecular weight is 470 g/mol. The molecule has 26 heavy (non-hydrogen) atoms. The summed E-state index contributed by atoms with van der Waals surface area (Å²) in [7, 11) is 3.73. The van der Waals surface area contributed by atoms with Gasteiger partial charge in [-0.25, -0.2) is 4.99 Å². The predicted molar refractivity (Wildman–Crippen MR) is 113 cm³/mol. The summed E-state index contributed by atoms with van der Waals surface area (Å²) in [5, 5.41) is 11.9. The third-order valence-corrected chi connectivity index (χ3v) is 4.35. The van der Waals surface area contributed by atoms with Gasteiger partial charge in [0.1, 0.15) is 18.1 Å². The normalized spacial score (nSPS) is 13.1. The molecule has 0 atom stereocenters. The molecule has 3 rings (SSSR count). The van der Waals surface area contributed by atoms with E-state index in [0.29, 0.717) is 13.1 Å². The van der Waals surface area contributed by atoms with Crippen LogP contribution in [0.4, 0.5) is 0 Å². The Morgan fingerprint density at radius 3 is 2.92 bits per heavy atom. The van der Waals surface area contributed by atoms with Crippen LogP contribution in [0.25, 0.3) is 0 Å². The van der Waals surface area contributed by atoms with Crippen LogP contribution in [0.3, 0.4) is 0 Å². The van der Waals surface area contributed by atoms with Gasteiger partial charge in [0.2, 0.25) is 0 Å². The molecule has 0 amide bonds. The van der Waals surface area contributed by atoms with Crippen molar-refractivity contribution in [1.82, 2.24) is 25.0 Å². The van der Waals surface area contributed by atoms with Gasteiger partial charge in [-0.2, -0.15) is 0 Å².